The average molecular weight is 456 g/mol. The quantitative estimate of drug-likeness (QED) is 0.432. The minimum atomic E-state index is -0.911. The van der Waals surface area contributed by atoms with Gasteiger partial charge in [-0.25, -0.2) is 18.7 Å². The molecule has 4 rings (SSSR count). The van der Waals surface area contributed by atoms with E-state index in [1.165, 1.54) is 19.1 Å². The minimum absolute atomic E-state index is 0.0783. The number of aromatic nitrogens is 5. The number of halogens is 2. The van der Waals surface area contributed by atoms with Gasteiger partial charge in [-0.05, 0) is 18.6 Å². The molecule has 11 heteroatoms. The standard InChI is InChI=1S/C22H22F2N6O3/c1-29-12-13(10-26-29)15-11-25-14-5-6-18(28-22(14)27-15)30(7-4-8-31)21-19(23)16(32-2)9-17(33-3)20(21)24/h5-6,9-12,31H,4,7-8H2,1-3H3. The first-order valence-electron chi connectivity index (χ1n) is 10.1. The van der Waals surface area contributed by atoms with Crippen LogP contribution in [0.5, 0.6) is 11.5 Å². The molecule has 0 spiro atoms. The lowest BCUT2D eigenvalue weighted by Crippen LogP contribution is -2.23. The Bertz CT molecular complexity index is 1270. The van der Waals surface area contributed by atoms with Crippen LogP contribution in [0.4, 0.5) is 20.3 Å². The molecule has 0 fully saturated rings. The van der Waals surface area contributed by atoms with Gasteiger partial charge in [-0.15, -0.1) is 0 Å². The van der Waals surface area contributed by atoms with Crippen molar-refractivity contribution in [3.63, 3.8) is 0 Å². The van der Waals surface area contributed by atoms with Gasteiger partial charge in [0.25, 0.3) is 0 Å². The molecule has 0 atom stereocenters. The molecule has 0 saturated heterocycles. The van der Waals surface area contributed by atoms with Gasteiger partial charge in [0, 0.05) is 38.0 Å². The number of benzene rings is 1. The Labute approximate surface area is 188 Å². The predicted molar refractivity (Wildman–Crippen MR) is 118 cm³/mol. The molecule has 3 heterocycles. The van der Waals surface area contributed by atoms with Crippen molar-refractivity contribution in [1.29, 1.82) is 0 Å². The normalized spacial score (nSPS) is 11.1. The number of hydrogen-bond donors (Lipinski definition) is 1. The Morgan fingerprint density at radius 2 is 1.79 bits per heavy atom. The van der Waals surface area contributed by atoms with Crippen LogP contribution in [0.2, 0.25) is 0 Å². The van der Waals surface area contributed by atoms with Crippen LogP contribution in [0.3, 0.4) is 0 Å². The molecule has 0 aliphatic rings. The number of aliphatic hydroxyl groups is 1. The number of nitrogens with zero attached hydrogens (tertiary/aromatic N) is 6. The Hall–Kier alpha value is -3.86. The van der Waals surface area contributed by atoms with Gasteiger partial charge in [-0.1, -0.05) is 0 Å². The van der Waals surface area contributed by atoms with Gasteiger partial charge in [0.15, 0.2) is 28.8 Å². The van der Waals surface area contributed by atoms with Crippen LogP contribution in [-0.2, 0) is 7.05 Å². The predicted octanol–water partition coefficient (Wildman–Crippen LogP) is 3.24. The Kier molecular flexibility index (Phi) is 6.31. The molecule has 0 aliphatic heterocycles. The highest BCUT2D eigenvalue weighted by atomic mass is 19.1. The third-order valence-corrected chi connectivity index (χ3v) is 5.03. The van der Waals surface area contributed by atoms with Crippen molar-refractivity contribution in [3.8, 4) is 22.8 Å². The number of hydrogen-bond acceptors (Lipinski definition) is 8. The summed E-state index contributed by atoms with van der Waals surface area (Å²) in [5, 5.41) is 13.5. The SMILES string of the molecule is COc1cc(OC)c(F)c(N(CCCO)c2ccc3ncc(-c4cnn(C)c4)nc3n2)c1F. The van der Waals surface area contributed by atoms with Crippen LogP contribution in [0.15, 0.2) is 36.8 Å². The molecule has 172 valence electrons. The Balaban J connectivity index is 1.86. The summed E-state index contributed by atoms with van der Waals surface area (Å²) in [4.78, 5) is 14.8. The largest absolute Gasteiger partial charge is 0.493 e. The molecule has 0 saturated carbocycles. The van der Waals surface area contributed by atoms with E-state index < -0.39 is 17.3 Å². The zero-order chi connectivity index (χ0) is 23.5. The first-order valence-corrected chi connectivity index (χ1v) is 10.1. The van der Waals surface area contributed by atoms with Crippen molar-refractivity contribution in [3.05, 3.63) is 48.4 Å². The van der Waals surface area contributed by atoms with Crippen molar-refractivity contribution >= 4 is 22.7 Å². The number of pyridine rings is 1. The fraction of sp³-hybridized carbons (Fsp3) is 0.273. The van der Waals surface area contributed by atoms with Crippen LogP contribution in [0.25, 0.3) is 22.4 Å². The maximum absolute atomic E-state index is 15.2. The molecule has 9 nitrogen and oxygen atoms in total. The van der Waals surface area contributed by atoms with Crippen LogP contribution in [-0.4, -0.2) is 57.2 Å². The smallest absolute Gasteiger partial charge is 0.191 e. The highest BCUT2D eigenvalue weighted by Crippen LogP contribution is 2.40. The summed E-state index contributed by atoms with van der Waals surface area (Å²) in [5.41, 5.74) is 1.72. The maximum Gasteiger partial charge on any atom is 0.191 e. The summed E-state index contributed by atoms with van der Waals surface area (Å²) in [6, 6.07) is 4.39. The first kappa shape index (κ1) is 22.3. The molecule has 0 unspecified atom stereocenters. The molecule has 0 amide bonds. The van der Waals surface area contributed by atoms with E-state index in [9.17, 15) is 5.11 Å². The monoisotopic (exact) mass is 456 g/mol. The fourth-order valence-electron chi connectivity index (χ4n) is 3.41. The van der Waals surface area contributed by atoms with Gasteiger partial charge in [-0.2, -0.15) is 5.10 Å². The number of aliphatic hydroxyl groups excluding tert-OH is 1. The zero-order valence-corrected chi connectivity index (χ0v) is 18.3. The number of fused-ring (bicyclic) bond motifs is 1. The van der Waals surface area contributed by atoms with Crippen LogP contribution in [0.1, 0.15) is 6.42 Å². The maximum atomic E-state index is 15.2. The third-order valence-electron chi connectivity index (χ3n) is 5.03. The van der Waals surface area contributed by atoms with E-state index in [2.05, 4.69) is 20.1 Å². The van der Waals surface area contributed by atoms with Crippen LogP contribution < -0.4 is 14.4 Å². The molecule has 33 heavy (non-hydrogen) atoms. The molecule has 1 aromatic carbocycles. The summed E-state index contributed by atoms with van der Waals surface area (Å²) in [7, 11) is 4.35. The fourth-order valence-corrected chi connectivity index (χ4v) is 3.41. The third kappa shape index (κ3) is 4.27. The summed E-state index contributed by atoms with van der Waals surface area (Å²) in [6.45, 7) is -0.103. The van der Waals surface area contributed by atoms with Gasteiger partial charge in [0.05, 0.1) is 32.3 Å². The van der Waals surface area contributed by atoms with E-state index in [1.807, 2.05) is 0 Å². The van der Waals surface area contributed by atoms with E-state index in [1.54, 1.807) is 42.5 Å². The molecule has 0 aliphatic carbocycles. The highest BCUT2D eigenvalue weighted by Gasteiger charge is 2.26. The molecule has 4 aromatic rings. The molecule has 0 bridgehead atoms. The summed E-state index contributed by atoms with van der Waals surface area (Å²) >= 11 is 0. The minimum Gasteiger partial charge on any atom is -0.493 e. The van der Waals surface area contributed by atoms with Crippen molar-refractivity contribution in [2.45, 2.75) is 6.42 Å². The lowest BCUT2D eigenvalue weighted by Gasteiger charge is -2.26. The topological polar surface area (TPSA) is 98.4 Å². The van der Waals surface area contributed by atoms with E-state index in [0.29, 0.717) is 16.9 Å². The molecular weight excluding hydrogens is 434 g/mol. The van der Waals surface area contributed by atoms with E-state index >= 15 is 8.78 Å². The molecule has 1 N–H and O–H groups in total. The second-order valence-corrected chi connectivity index (χ2v) is 7.16. The first-order chi connectivity index (χ1) is 16.0. The van der Waals surface area contributed by atoms with Crippen molar-refractivity contribution < 1.29 is 23.4 Å². The Morgan fingerprint density at radius 3 is 2.39 bits per heavy atom. The molecular formula is C22H22F2N6O3. The Morgan fingerprint density at radius 1 is 1.06 bits per heavy atom. The van der Waals surface area contributed by atoms with Crippen molar-refractivity contribution in [2.24, 2.45) is 7.05 Å². The summed E-state index contributed by atoms with van der Waals surface area (Å²) in [5.74, 6) is -1.97. The summed E-state index contributed by atoms with van der Waals surface area (Å²) < 4.78 is 42.2. The van der Waals surface area contributed by atoms with Crippen LogP contribution >= 0.6 is 0 Å². The molecule has 3 aromatic heterocycles. The average Bonchev–Trinajstić information content (AvgIpc) is 3.27. The van der Waals surface area contributed by atoms with Gasteiger partial charge in [0.2, 0.25) is 0 Å². The van der Waals surface area contributed by atoms with Gasteiger partial charge < -0.3 is 19.5 Å². The summed E-state index contributed by atoms with van der Waals surface area (Å²) in [6.07, 6.45) is 5.29. The second kappa shape index (κ2) is 9.33. The van der Waals surface area contributed by atoms with Crippen LogP contribution in [0, 0.1) is 11.6 Å². The van der Waals surface area contributed by atoms with E-state index in [0.717, 1.165) is 11.6 Å². The van der Waals surface area contributed by atoms with Gasteiger partial charge >= 0.3 is 0 Å². The number of methoxy groups -OCH3 is 2. The number of ether oxygens (including phenoxy) is 2. The van der Waals surface area contributed by atoms with Gasteiger partial charge in [0.1, 0.15) is 17.0 Å². The van der Waals surface area contributed by atoms with Crippen molar-refractivity contribution in [1.82, 2.24) is 24.7 Å². The zero-order valence-electron chi connectivity index (χ0n) is 18.3. The van der Waals surface area contributed by atoms with E-state index in [4.69, 9.17) is 9.47 Å². The lowest BCUT2D eigenvalue weighted by atomic mass is 10.2. The number of rotatable bonds is 8. The van der Waals surface area contributed by atoms with Crippen molar-refractivity contribution in [2.75, 3.05) is 32.3 Å². The number of aryl methyl sites for hydroxylation is 1. The van der Waals surface area contributed by atoms with Gasteiger partial charge in [-0.3, -0.25) is 9.67 Å². The van der Waals surface area contributed by atoms with E-state index in [-0.39, 0.29) is 36.9 Å². The lowest BCUT2D eigenvalue weighted by molar-refractivity contribution is 0.290. The number of anilines is 2. The highest BCUT2D eigenvalue weighted by molar-refractivity contribution is 5.77. The second-order valence-electron chi connectivity index (χ2n) is 7.16. The molecule has 0 radical (unpaired) electrons.